The Bertz CT molecular complexity index is 473. The number of nitrogens with zero attached hydrogens (tertiary/aromatic N) is 3. The van der Waals surface area contributed by atoms with Gasteiger partial charge in [0.2, 0.25) is 5.82 Å². The van der Waals surface area contributed by atoms with Crippen LogP contribution in [0, 0.1) is 18.8 Å². The molecule has 0 aliphatic rings. The van der Waals surface area contributed by atoms with Crippen LogP contribution in [0.15, 0.2) is 23.5 Å². The molecule has 0 fully saturated rings. The highest BCUT2D eigenvalue weighted by Gasteiger charge is 2.07. The van der Waals surface area contributed by atoms with Crippen LogP contribution in [-0.4, -0.2) is 9.38 Å². The van der Waals surface area contributed by atoms with Gasteiger partial charge in [-0.2, -0.15) is 0 Å². The summed E-state index contributed by atoms with van der Waals surface area (Å²) in [6.07, 6.45) is 1.81. The summed E-state index contributed by atoms with van der Waals surface area (Å²) in [6, 6.07) is 3.84. The van der Waals surface area contributed by atoms with Gasteiger partial charge < -0.3 is 0 Å². The fourth-order valence-electron chi connectivity index (χ4n) is 1.36. The third-order valence-electron chi connectivity index (χ3n) is 2.01. The molecule has 66 valence electrons. The predicted molar refractivity (Wildman–Crippen MR) is 50.1 cm³/mol. The Labute approximate surface area is 75.2 Å². The first-order valence-electron chi connectivity index (χ1n) is 4.01. The van der Waals surface area contributed by atoms with E-state index in [4.69, 9.17) is 0 Å². The number of hydrogen-bond acceptors (Lipinski definition) is 3. The van der Waals surface area contributed by atoms with Gasteiger partial charge in [0.05, 0.1) is 5.69 Å². The molecule has 4 nitrogen and oxygen atoms in total. The van der Waals surface area contributed by atoms with Gasteiger partial charge in [-0.25, -0.2) is 4.98 Å². The van der Waals surface area contributed by atoms with Gasteiger partial charge in [-0.1, -0.05) is 0 Å². The zero-order valence-electron chi connectivity index (χ0n) is 7.48. The van der Waals surface area contributed by atoms with E-state index in [1.54, 1.807) is 17.5 Å². The zero-order valence-corrected chi connectivity index (χ0v) is 7.48. The predicted octanol–water partition coefficient (Wildman–Crippen LogP) is 2.35. The lowest BCUT2D eigenvalue weighted by molar-refractivity contribution is 1.14. The van der Waals surface area contributed by atoms with E-state index < -0.39 is 0 Å². The summed E-state index contributed by atoms with van der Waals surface area (Å²) >= 11 is 0. The maximum atomic E-state index is 10.5. The van der Waals surface area contributed by atoms with Crippen LogP contribution in [0.3, 0.4) is 0 Å². The largest absolute Gasteiger partial charge is 0.282 e. The van der Waals surface area contributed by atoms with Crippen molar-refractivity contribution < 1.29 is 0 Å². The Morgan fingerprint density at radius 2 is 2.23 bits per heavy atom. The van der Waals surface area contributed by atoms with Crippen molar-refractivity contribution in [3.05, 3.63) is 34.5 Å². The standard InChI is InChI=1S/C9H9N3O/c1-6-3-4-12-8(5-6)10-7(2)9(12)11-13/h3-5H,1-2H3. The molecule has 0 amide bonds. The number of aryl methyl sites for hydroxylation is 2. The molecule has 0 aliphatic carbocycles. The molecule has 4 heteroatoms. The van der Waals surface area contributed by atoms with Crippen LogP contribution in [0.4, 0.5) is 5.82 Å². The fourth-order valence-corrected chi connectivity index (χ4v) is 1.36. The SMILES string of the molecule is Cc1ccn2c(N=O)c(C)nc2c1. The molecule has 0 atom stereocenters. The lowest BCUT2D eigenvalue weighted by atomic mass is 10.3. The van der Waals surface area contributed by atoms with Crippen molar-refractivity contribution in [1.29, 1.82) is 0 Å². The normalized spacial score (nSPS) is 10.6. The highest BCUT2D eigenvalue weighted by atomic mass is 16.3. The minimum atomic E-state index is 0.384. The number of rotatable bonds is 1. The molecule has 0 aliphatic heterocycles. The van der Waals surface area contributed by atoms with Crippen molar-refractivity contribution in [1.82, 2.24) is 9.38 Å². The molecule has 2 aromatic rings. The number of hydrogen-bond donors (Lipinski definition) is 0. The lowest BCUT2D eigenvalue weighted by Gasteiger charge is -1.94. The molecule has 2 aromatic heterocycles. The van der Waals surface area contributed by atoms with Gasteiger partial charge in [-0.05, 0) is 36.7 Å². The molecule has 0 saturated heterocycles. The maximum absolute atomic E-state index is 10.5. The quantitative estimate of drug-likeness (QED) is 0.624. The number of pyridine rings is 1. The van der Waals surface area contributed by atoms with E-state index in [1.807, 2.05) is 19.1 Å². The average molecular weight is 175 g/mol. The van der Waals surface area contributed by atoms with Crippen LogP contribution >= 0.6 is 0 Å². The van der Waals surface area contributed by atoms with Crippen molar-refractivity contribution in [3.8, 4) is 0 Å². The molecule has 2 rings (SSSR count). The average Bonchev–Trinajstić information content (AvgIpc) is 2.39. The van der Waals surface area contributed by atoms with Crippen molar-refractivity contribution in [3.63, 3.8) is 0 Å². The molecule has 0 spiro atoms. The van der Waals surface area contributed by atoms with Crippen molar-refractivity contribution in [2.24, 2.45) is 5.18 Å². The van der Waals surface area contributed by atoms with Crippen LogP contribution in [0.2, 0.25) is 0 Å². The van der Waals surface area contributed by atoms with E-state index in [0.29, 0.717) is 11.5 Å². The lowest BCUT2D eigenvalue weighted by Crippen LogP contribution is -1.83. The van der Waals surface area contributed by atoms with Gasteiger partial charge in [-0.15, -0.1) is 4.91 Å². The molecule has 0 saturated carbocycles. The van der Waals surface area contributed by atoms with Crippen LogP contribution in [-0.2, 0) is 0 Å². The van der Waals surface area contributed by atoms with Gasteiger partial charge in [0.1, 0.15) is 5.65 Å². The van der Waals surface area contributed by atoms with Crippen molar-refractivity contribution in [2.45, 2.75) is 13.8 Å². The third kappa shape index (κ3) is 1.11. The Kier molecular flexibility index (Phi) is 1.62. The molecule has 0 radical (unpaired) electrons. The number of nitroso groups, excluding NO2 is 1. The van der Waals surface area contributed by atoms with Gasteiger partial charge >= 0.3 is 0 Å². The highest BCUT2D eigenvalue weighted by Crippen LogP contribution is 2.20. The molecule has 2 heterocycles. The van der Waals surface area contributed by atoms with E-state index in [-0.39, 0.29) is 0 Å². The molecule has 13 heavy (non-hydrogen) atoms. The molecule has 0 N–H and O–H groups in total. The van der Waals surface area contributed by atoms with Crippen LogP contribution < -0.4 is 0 Å². The second kappa shape index (κ2) is 2.65. The molecule has 0 aromatic carbocycles. The minimum Gasteiger partial charge on any atom is -0.282 e. The first kappa shape index (κ1) is 7.91. The fraction of sp³-hybridized carbons (Fsp3) is 0.222. The minimum absolute atomic E-state index is 0.384. The maximum Gasteiger partial charge on any atom is 0.204 e. The highest BCUT2D eigenvalue weighted by molar-refractivity contribution is 5.52. The summed E-state index contributed by atoms with van der Waals surface area (Å²) in [6.45, 7) is 3.76. The Morgan fingerprint density at radius 3 is 2.92 bits per heavy atom. The number of fused-ring (bicyclic) bond motifs is 1. The van der Waals surface area contributed by atoms with E-state index in [9.17, 15) is 4.91 Å². The molecule has 0 unspecified atom stereocenters. The van der Waals surface area contributed by atoms with Gasteiger partial charge in [-0.3, -0.25) is 4.40 Å². The van der Waals surface area contributed by atoms with Crippen LogP contribution in [0.1, 0.15) is 11.3 Å². The molecule has 0 bridgehead atoms. The summed E-state index contributed by atoms with van der Waals surface area (Å²) in [5.41, 5.74) is 2.56. The van der Waals surface area contributed by atoms with E-state index >= 15 is 0 Å². The summed E-state index contributed by atoms with van der Waals surface area (Å²) in [4.78, 5) is 14.7. The van der Waals surface area contributed by atoms with Gasteiger partial charge in [0, 0.05) is 6.20 Å². The summed E-state index contributed by atoms with van der Waals surface area (Å²) in [5, 5.41) is 2.94. The summed E-state index contributed by atoms with van der Waals surface area (Å²) in [5.74, 6) is 0.384. The van der Waals surface area contributed by atoms with E-state index in [2.05, 4.69) is 10.2 Å². The van der Waals surface area contributed by atoms with Gasteiger partial charge in [0.15, 0.2) is 0 Å². The topological polar surface area (TPSA) is 46.7 Å². The van der Waals surface area contributed by atoms with Gasteiger partial charge in [0.25, 0.3) is 0 Å². The monoisotopic (exact) mass is 175 g/mol. The van der Waals surface area contributed by atoms with Crippen molar-refractivity contribution >= 4 is 11.5 Å². The van der Waals surface area contributed by atoms with Crippen LogP contribution in [0.5, 0.6) is 0 Å². The first-order valence-corrected chi connectivity index (χ1v) is 4.01. The van der Waals surface area contributed by atoms with Crippen molar-refractivity contribution in [2.75, 3.05) is 0 Å². The molecular weight excluding hydrogens is 166 g/mol. The Morgan fingerprint density at radius 1 is 1.46 bits per heavy atom. The Balaban J connectivity index is 2.86. The Hall–Kier alpha value is -1.71. The van der Waals surface area contributed by atoms with Crippen LogP contribution in [0.25, 0.3) is 5.65 Å². The third-order valence-corrected chi connectivity index (χ3v) is 2.01. The van der Waals surface area contributed by atoms with E-state index in [0.717, 1.165) is 11.2 Å². The first-order chi connectivity index (χ1) is 6.22. The molecular formula is C9H9N3O. The smallest absolute Gasteiger partial charge is 0.204 e. The zero-order chi connectivity index (χ0) is 9.42. The summed E-state index contributed by atoms with van der Waals surface area (Å²) in [7, 11) is 0. The number of aromatic nitrogens is 2. The second-order valence-corrected chi connectivity index (χ2v) is 3.04. The second-order valence-electron chi connectivity index (χ2n) is 3.04. The van der Waals surface area contributed by atoms with E-state index in [1.165, 1.54) is 0 Å². The summed E-state index contributed by atoms with van der Waals surface area (Å²) < 4.78 is 1.69. The number of imidazole rings is 1.